The minimum Gasteiger partial charge on any atom is -0.493 e. The van der Waals surface area contributed by atoms with E-state index in [0.717, 1.165) is 5.56 Å². The van der Waals surface area contributed by atoms with E-state index in [2.05, 4.69) is 5.10 Å². The fourth-order valence-electron chi connectivity index (χ4n) is 2.98. The summed E-state index contributed by atoms with van der Waals surface area (Å²) in [6.45, 7) is 1.43. The standard InChI is InChI=1S/C19H19FN2O3/c1-12(23)22-17(14-6-4-5-7-15(14)20)11-16(21-22)13-8-9-18(24-2)19(10-13)25-3/h4-10,17H,11H2,1-3H3. The van der Waals surface area contributed by atoms with E-state index < -0.39 is 6.04 Å². The molecule has 0 aromatic heterocycles. The number of carbonyl (C=O) groups excluding carboxylic acids is 1. The quantitative estimate of drug-likeness (QED) is 0.854. The van der Waals surface area contributed by atoms with E-state index in [9.17, 15) is 9.18 Å². The molecule has 3 rings (SSSR count). The molecule has 5 nitrogen and oxygen atoms in total. The Balaban J connectivity index is 1.98. The van der Waals surface area contributed by atoms with Gasteiger partial charge in [-0.25, -0.2) is 9.40 Å². The number of hydrazone groups is 1. The molecule has 0 radical (unpaired) electrons. The minimum absolute atomic E-state index is 0.233. The fourth-order valence-corrected chi connectivity index (χ4v) is 2.98. The maximum absolute atomic E-state index is 14.2. The number of ether oxygens (including phenoxy) is 2. The number of nitrogens with zero attached hydrogens (tertiary/aromatic N) is 2. The largest absolute Gasteiger partial charge is 0.493 e. The third kappa shape index (κ3) is 3.20. The second-order valence-corrected chi connectivity index (χ2v) is 5.72. The number of halogens is 1. The molecule has 0 bridgehead atoms. The number of benzene rings is 2. The van der Waals surface area contributed by atoms with Gasteiger partial charge in [0.1, 0.15) is 5.82 Å². The molecule has 25 heavy (non-hydrogen) atoms. The average Bonchev–Trinajstić information content (AvgIpc) is 3.07. The molecule has 0 N–H and O–H groups in total. The van der Waals surface area contributed by atoms with Crippen molar-refractivity contribution in [3.05, 3.63) is 59.4 Å². The van der Waals surface area contributed by atoms with Gasteiger partial charge in [-0.3, -0.25) is 4.79 Å². The first kappa shape index (κ1) is 17.0. The van der Waals surface area contributed by atoms with Gasteiger partial charge < -0.3 is 9.47 Å². The fraction of sp³-hybridized carbons (Fsp3) is 0.263. The monoisotopic (exact) mass is 342 g/mol. The van der Waals surface area contributed by atoms with E-state index in [1.807, 2.05) is 6.07 Å². The van der Waals surface area contributed by atoms with Crippen LogP contribution < -0.4 is 9.47 Å². The smallest absolute Gasteiger partial charge is 0.240 e. The van der Waals surface area contributed by atoms with Crippen molar-refractivity contribution < 1.29 is 18.7 Å². The number of hydrogen-bond acceptors (Lipinski definition) is 4. The first-order valence-electron chi connectivity index (χ1n) is 7.89. The van der Waals surface area contributed by atoms with Crippen LogP contribution in [-0.2, 0) is 4.79 Å². The topological polar surface area (TPSA) is 51.1 Å². The van der Waals surface area contributed by atoms with Crippen LogP contribution in [0.5, 0.6) is 11.5 Å². The van der Waals surface area contributed by atoms with E-state index in [0.29, 0.717) is 29.2 Å². The van der Waals surface area contributed by atoms with Crippen LogP contribution in [0.25, 0.3) is 0 Å². The van der Waals surface area contributed by atoms with E-state index >= 15 is 0 Å². The number of hydrogen-bond donors (Lipinski definition) is 0. The van der Waals surface area contributed by atoms with Gasteiger partial charge in [0, 0.05) is 24.5 Å². The molecule has 130 valence electrons. The number of carbonyl (C=O) groups is 1. The first-order valence-corrected chi connectivity index (χ1v) is 7.89. The Morgan fingerprint density at radius 2 is 1.88 bits per heavy atom. The molecule has 1 aliphatic rings. The summed E-state index contributed by atoms with van der Waals surface area (Å²) < 4.78 is 24.8. The molecule has 1 aliphatic heterocycles. The van der Waals surface area contributed by atoms with E-state index in [4.69, 9.17) is 9.47 Å². The highest BCUT2D eigenvalue weighted by Crippen LogP contribution is 2.36. The summed E-state index contributed by atoms with van der Waals surface area (Å²) in [4.78, 5) is 12.0. The molecule has 2 aromatic rings. The zero-order valence-corrected chi connectivity index (χ0v) is 14.3. The number of amides is 1. The van der Waals surface area contributed by atoms with E-state index in [-0.39, 0.29) is 11.7 Å². The molecular weight excluding hydrogens is 323 g/mol. The Morgan fingerprint density at radius 1 is 1.16 bits per heavy atom. The lowest BCUT2D eigenvalue weighted by molar-refractivity contribution is -0.130. The molecular formula is C19H19FN2O3. The molecule has 6 heteroatoms. The van der Waals surface area contributed by atoms with Crippen molar-refractivity contribution in [2.24, 2.45) is 5.10 Å². The predicted octanol–water partition coefficient (Wildman–Crippen LogP) is 3.54. The lowest BCUT2D eigenvalue weighted by Crippen LogP contribution is -2.25. The van der Waals surface area contributed by atoms with Crippen LogP contribution in [0.3, 0.4) is 0 Å². The lowest BCUT2D eigenvalue weighted by Gasteiger charge is -2.20. The van der Waals surface area contributed by atoms with Crippen LogP contribution in [-0.4, -0.2) is 30.8 Å². The Morgan fingerprint density at radius 3 is 2.52 bits per heavy atom. The third-order valence-electron chi connectivity index (χ3n) is 4.21. The van der Waals surface area contributed by atoms with Gasteiger partial charge in [-0.15, -0.1) is 0 Å². The summed E-state index contributed by atoms with van der Waals surface area (Å²) in [5, 5.41) is 5.76. The van der Waals surface area contributed by atoms with E-state index in [1.54, 1.807) is 44.6 Å². The molecule has 0 spiro atoms. The summed E-state index contributed by atoms with van der Waals surface area (Å²) >= 11 is 0. The lowest BCUT2D eigenvalue weighted by atomic mass is 9.98. The Bertz CT molecular complexity index is 835. The van der Waals surface area contributed by atoms with E-state index in [1.165, 1.54) is 18.0 Å². The maximum Gasteiger partial charge on any atom is 0.240 e. The second kappa shape index (κ2) is 6.93. The average molecular weight is 342 g/mol. The Kier molecular flexibility index (Phi) is 4.70. The van der Waals surface area contributed by atoms with Gasteiger partial charge in [0.05, 0.1) is 26.0 Å². The van der Waals surface area contributed by atoms with Crippen molar-refractivity contribution in [3.63, 3.8) is 0 Å². The van der Waals surface area contributed by atoms with Crippen LogP contribution in [0.1, 0.15) is 30.5 Å². The van der Waals surface area contributed by atoms with Gasteiger partial charge >= 0.3 is 0 Å². The zero-order valence-electron chi connectivity index (χ0n) is 14.3. The molecule has 1 amide bonds. The highest BCUT2D eigenvalue weighted by Gasteiger charge is 2.33. The van der Waals surface area contributed by atoms with Crippen molar-refractivity contribution in [2.75, 3.05) is 14.2 Å². The van der Waals surface area contributed by atoms with Crippen molar-refractivity contribution in [1.29, 1.82) is 0 Å². The van der Waals surface area contributed by atoms with Crippen LogP contribution in [0, 0.1) is 5.82 Å². The van der Waals surface area contributed by atoms with Crippen molar-refractivity contribution in [3.8, 4) is 11.5 Å². The normalized spacial score (nSPS) is 16.6. The summed E-state index contributed by atoms with van der Waals surface area (Å²) in [6.07, 6.45) is 0.427. The molecule has 1 unspecified atom stereocenters. The predicted molar refractivity (Wildman–Crippen MR) is 92.4 cm³/mol. The maximum atomic E-state index is 14.2. The SMILES string of the molecule is COc1ccc(C2=NN(C(C)=O)C(c3ccccc3F)C2)cc1OC. The molecule has 0 aliphatic carbocycles. The highest BCUT2D eigenvalue weighted by atomic mass is 19.1. The Hall–Kier alpha value is -2.89. The van der Waals surface area contributed by atoms with Gasteiger partial charge in [-0.1, -0.05) is 18.2 Å². The molecule has 2 aromatic carbocycles. The van der Waals surface area contributed by atoms with Crippen molar-refractivity contribution in [1.82, 2.24) is 5.01 Å². The molecule has 0 saturated carbocycles. The second-order valence-electron chi connectivity index (χ2n) is 5.72. The van der Waals surface area contributed by atoms with Crippen LogP contribution in [0.15, 0.2) is 47.6 Å². The van der Waals surface area contributed by atoms with Crippen LogP contribution in [0.2, 0.25) is 0 Å². The zero-order chi connectivity index (χ0) is 18.0. The molecule has 1 heterocycles. The van der Waals surface area contributed by atoms with Gasteiger partial charge in [-0.05, 0) is 24.3 Å². The van der Waals surface area contributed by atoms with Gasteiger partial charge in [0.2, 0.25) is 5.91 Å². The first-order chi connectivity index (χ1) is 12.0. The van der Waals surface area contributed by atoms with Gasteiger partial charge in [-0.2, -0.15) is 5.10 Å². The van der Waals surface area contributed by atoms with Gasteiger partial charge in [0.15, 0.2) is 11.5 Å². The highest BCUT2D eigenvalue weighted by molar-refractivity contribution is 6.03. The summed E-state index contributed by atoms with van der Waals surface area (Å²) in [6, 6.07) is 11.4. The molecule has 1 atom stereocenters. The van der Waals surface area contributed by atoms with Crippen molar-refractivity contribution >= 4 is 11.6 Å². The minimum atomic E-state index is -0.457. The van der Waals surface area contributed by atoms with Crippen molar-refractivity contribution in [2.45, 2.75) is 19.4 Å². The summed E-state index contributed by atoms with van der Waals surface area (Å²) in [5.74, 6) is 0.608. The van der Waals surface area contributed by atoms with Gasteiger partial charge in [0.25, 0.3) is 0 Å². The van der Waals surface area contributed by atoms with Crippen LogP contribution in [0.4, 0.5) is 4.39 Å². The van der Waals surface area contributed by atoms with Crippen LogP contribution >= 0.6 is 0 Å². The molecule has 0 saturated heterocycles. The third-order valence-corrected chi connectivity index (χ3v) is 4.21. The molecule has 0 fully saturated rings. The summed E-state index contributed by atoms with van der Waals surface area (Å²) in [5.41, 5.74) is 1.96. The number of methoxy groups -OCH3 is 2. The number of rotatable bonds is 4. The summed E-state index contributed by atoms with van der Waals surface area (Å²) in [7, 11) is 3.12. The Labute approximate surface area is 145 Å².